The molecule has 17 heavy (non-hydrogen) atoms. The predicted octanol–water partition coefficient (Wildman–Crippen LogP) is 2.06. The molecule has 0 aromatic heterocycles. The molecule has 5 heteroatoms. The quantitative estimate of drug-likeness (QED) is 0.573. The molecule has 0 amide bonds. The van der Waals surface area contributed by atoms with E-state index in [1.807, 2.05) is 0 Å². The first kappa shape index (κ1) is 14.1. The van der Waals surface area contributed by atoms with E-state index < -0.39 is 20.4 Å². The summed E-state index contributed by atoms with van der Waals surface area (Å²) in [5, 5.41) is 0.0740. The minimum Gasteiger partial charge on any atom is -0.448 e. The zero-order valence-electron chi connectivity index (χ0n) is 11.1. The van der Waals surface area contributed by atoms with E-state index in [0.29, 0.717) is 0 Å². The molecule has 0 N–H and O–H groups in total. The van der Waals surface area contributed by atoms with E-state index in [-0.39, 0.29) is 17.4 Å². The molecule has 0 saturated heterocycles. The lowest BCUT2D eigenvalue weighted by Gasteiger charge is -2.37. The van der Waals surface area contributed by atoms with Gasteiger partial charge >= 0.3 is 5.97 Å². The largest absolute Gasteiger partial charge is 0.448 e. The summed E-state index contributed by atoms with van der Waals surface area (Å²) in [5.74, 6) is -0.684. The molecule has 1 aliphatic rings. The highest BCUT2D eigenvalue weighted by molar-refractivity contribution is 6.74. The lowest BCUT2D eigenvalue weighted by molar-refractivity contribution is -0.152. The van der Waals surface area contributed by atoms with Gasteiger partial charge in [-0.3, -0.25) is 4.79 Å². The average Bonchev–Trinajstić information content (AvgIpc) is 2.18. The maximum Gasteiger partial charge on any atom is 0.331 e. The monoisotopic (exact) mass is 256 g/mol. The Morgan fingerprint density at radius 1 is 1.29 bits per heavy atom. The lowest BCUT2D eigenvalue weighted by atomic mass is 10.2. The van der Waals surface area contributed by atoms with Crippen LogP contribution in [0.5, 0.6) is 0 Å². The fourth-order valence-corrected chi connectivity index (χ4v) is 2.11. The SMILES string of the molecule is CC(C)(C)[Si](C)(C)OC[C@H]1OC(=O)C=CC1=O. The highest BCUT2D eigenvalue weighted by Crippen LogP contribution is 2.36. The van der Waals surface area contributed by atoms with E-state index in [9.17, 15) is 9.59 Å². The zero-order chi connectivity index (χ0) is 13.3. The van der Waals surface area contributed by atoms with Gasteiger partial charge in [0.1, 0.15) is 0 Å². The Hall–Kier alpha value is -0.943. The molecule has 0 radical (unpaired) electrons. The Morgan fingerprint density at radius 2 is 1.88 bits per heavy atom. The molecule has 0 aromatic carbocycles. The van der Waals surface area contributed by atoms with Gasteiger partial charge in [-0.25, -0.2) is 4.79 Å². The summed E-state index contributed by atoms with van der Waals surface area (Å²) >= 11 is 0. The standard InChI is InChI=1S/C12H20O4Si/c1-12(2,3)17(4,5)15-8-10-9(13)6-7-11(14)16-10/h6-7,10H,8H2,1-5H3/t10-/m1/s1. The van der Waals surface area contributed by atoms with Gasteiger partial charge in [-0.2, -0.15) is 0 Å². The number of rotatable bonds is 3. The van der Waals surface area contributed by atoms with Crippen molar-refractivity contribution >= 4 is 20.1 Å². The Morgan fingerprint density at radius 3 is 2.41 bits per heavy atom. The Balaban J connectivity index is 2.60. The third kappa shape index (κ3) is 3.51. The third-order valence-electron chi connectivity index (χ3n) is 3.36. The van der Waals surface area contributed by atoms with Crippen molar-refractivity contribution in [1.82, 2.24) is 0 Å². The van der Waals surface area contributed by atoms with Crippen LogP contribution >= 0.6 is 0 Å². The summed E-state index contributed by atoms with van der Waals surface area (Å²) in [6.07, 6.45) is 1.62. The maximum atomic E-state index is 11.5. The normalized spacial score (nSPS) is 21.6. The number of ketones is 1. The van der Waals surface area contributed by atoms with Crippen LogP contribution in [0.3, 0.4) is 0 Å². The topological polar surface area (TPSA) is 52.6 Å². The summed E-state index contributed by atoms with van der Waals surface area (Å²) in [6, 6.07) is 0. The molecule has 1 atom stereocenters. The van der Waals surface area contributed by atoms with Gasteiger partial charge < -0.3 is 9.16 Å². The fraction of sp³-hybridized carbons (Fsp3) is 0.667. The summed E-state index contributed by atoms with van der Waals surface area (Å²) in [5.41, 5.74) is 0. The summed E-state index contributed by atoms with van der Waals surface area (Å²) < 4.78 is 10.8. The van der Waals surface area contributed by atoms with Gasteiger partial charge in [0.2, 0.25) is 0 Å². The minimum atomic E-state index is -1.91. The molecule has 0 aliphatic carbocycles. The third-order valence-corrected chi connectivity index (χ3v) is 7.86. The molecule has 0 fully saturated rings. The van der Waals surface area contributed by atoms with Gasteiger partial charge in [0.05, 0.1) is 6.61 Å². The Labute approximate surface area is 103 Å². The van der Waals surface area contributed by atoms with Crippen LogP contribution < -0.4 is 0 Å². The van der Waals surface area contributed by atoms with Crippen LogP contribution in [0, 0.1) is 0 Å². The summed E-state index contributed by atoms with van der Waals surface area (Å²) in [7, 11) is -1.91. The first-order valence-corrected chi connectivity index (χ1v) is 8.61. The van der Waals surface area contributed by atoms with E-state index in [1.165, 1.54) is 6.08 Å². The summed E-state index contributed by atoms with van der Waals surface area (Å²) in [4.78, 5) is 22.5. The molecule has 96 valence electrons. The van der Waals surface area contributed by atoms with Crippen molar-refractivity contribution in [1.29, 1.82) is 0 Å². The van der Waals surface area contributed by atoms with Gasteiger partial charge in [0, 0.05) is 6.08 Å². The second kappa shape index (κ2) is 4.74. The maximum absolute atomic E-state index is 11.5. The summed E-state index contributed by atoms with van der Waals surface area (Å²) in [6.45, 7) is 10.7. The first-order chi connectivity index (χ1) is 7.63. The molecule has 0 aromatic rings. The highest BCUT2D eigenvalue weighted by atomic mass is 28.4. The van der Waals surface area contributed by atoms with Crippen molar-refractivity contribution in [3.05, 3.63) is 12.2 Å². The molecule has 0 bridgehead atoms. The first-order valence-electron chi connectivity index (χ1n) is 5.70. The molecule has 0 saturated carbocycles. The van der Waals surface area contributed by atoms with E-state index in [0.717, 1.165) is 6.08 Å². The van der Waals surface area contributed by atoms with Gasteiger partial charge in [-0.15, -0.1) is 0 Å². The van der Waals surface area contributed by atoms with Gasteiger partial charge in [-0.1, -0.05) is 20.8 Å². The van der Waals surface area contributed by atoms with Crippen LogP contribution in [0.2, 0.25) is 18.1 Å². The molecule has 1 aliphatic heterocycles. The highest BCUT2D eigenvalue weighted by Gasteiger charge is 2.38. The van der Waals surface area contributed by atoms with Crippen molar-refractivity contribution in [2.45, 2.75) is 45.0 Å². The van der Waals surface area contributed by atoms with Crippen LogP contribution in [0.4, 0.5) is 0 Å². The fourth-order valence-electron chi connectivity index (χ4n) is 1.11. The molecule has 1 rings (SSSR count). The number of carbonyl (C=O) groups excluding carboxylic acids is 2. The second-order valence-electron chi connectivity index (χ2n) is 5.73. The van der Waals surface area contributed by atoms with Crippen molar-refractivity contribution in [2.24, 2.45) is 0 Å². The molecular formula is C12H20O4Si. The van der Waals surface area contributed by atoms with Crippen LogP contribution in [0.15, 0.2) is 12.2 Å². The van der Waals surface area contributed by atoms with Crippen molar-refractivity contribution in [3.8, 4) is 0 Å². The van der Waals surface area contributed by atoms with Gasteiger partial charge in [-0.05, 0) is 24.2 Å². The molecule has 4 nitrogen and oxygen atoms in total. The lowest BCUT2D eigenvalue weighted by Crippen LogP contribution is -2.45. The van der Waals surface area contributed by atoms with E-state index in [1.54, 1.807) is 0 Å². The van der Waals surface area contributed by atoms with Gasteiger partial charge in [0.15, 0.2) is 20.2 Å². The van der Waals surface area contributed by atoms with E-state index in [4.69, 9.17) is 9.16 Å². The van der Waals surface area contributed by atoms with E-state index >= 15 is 0 Å². The number of cyclic esters (lactones) is 1. The molecule has 1 heterocycles. The van der Waals surface area contributed by atoms with Crippen LogP contribution in [0.25, 0.3) is 0 Å². The molecular weight excluding hydrogens is 236 g/mol. The van der Waals surface area contributed by atoms with Crippen molar-refractivity contribution < 1.29 is 18.8 Å². The Bertz CT molecular complexity index is 352. The van der Waals surface area contributed by atoms with E-state index in [2.05, 4.69) is 33.9 Å². The van der Waals surface area contributed by atoms with Gasteiger partial charge in [0.25, 0.3) is 0 Å². The van der Waals surface area contributed by atoms with Crippen LogP contribution in [0.1, 0.15) is 20.8 Å². The van der Waals surface area contributed by atoms with Crippen LogP contribution in [-0.4, -0.2) is 32.8 Å². The molecule has 0 spiro atoms. The second-order valence-corrected chi connectivity index (χ2v) is 10.5. The number of ether oxygens (including phenoxy) is 1. The number of esters is 1. The number of carbonyl (C=O) groups is 2. The minimum absolute atomic E-state index is 0.0740. The molecule has 0 unspecified atom stereocenters. The number of hydrogen-bond acceptors (Lipinski definition) is 4. The average molecular weight is 256 g/mol. The Kier molecular flexibility index (Phi) is 3.94. The van der Waals surface area contributed by atoms with Crippen molar-refractivity contribution in [3.63, 3.8) is 0 Å². The smallest absolute Gasteiger partial charge is 0.331 e. The zero-order valence-corrected chi connectivity index (χ0v) is 12.1. The predicted molar refractivity (Wildman–Crippen MR) is 67.2 cm³/mol. The number of hydrogen-bond donors (Lipinski definition) is 0. The van der Waals surface area contributed by atoms with Crippen molar-refractivity contribution in [2.75, 3.05) is 6.61 Å². The van der Waals surface area contributed by atoms with Crippen LogP contribution in [-0.2, 0) is 18.8 Å².